The Bertz CT molecular complexity index is 1480. The summed E-state index contributed by atoms with van der Waals surface area (Å²) in [7, 11) is -7.20. The maximum atomic E-state index is 13.0. The van der Waals surface area contributed by atoms with Crippen LogP contribution < -0.4 is 14.2 Å². The van der Waals surface area contributed by atoms with Crippen molar-refractivity contribution in [2.24, 2.45) is 0 Å². The minimum Gasteiger partial charge on any atom is -0.495 e. The van der Waals surface area contributed by atoms with Crippen molar-refractivity contribution in [3.8, 4) is 5.75 Å². The average Bonchev–Trinajstić information content (AvgIpc) is 2.76. The molecule has 0 spiro atoms. The summed E-state index contributed by atoms with van der Waals surface area (Å²) in [6.45, 7) is 0. The Morgan fingerprint density at radius 2 is 1.34 bits per heavy atom. The third-order valence-corrected chi connectivity index (χ3v) is 8.59. The van der Waals surface area contributed by atoms with Gasteiger partial charge in [0.15, 0.2) is 0 Å². The highest BCUT2D eigenvalue weighted by Gasteiger charge is 2.33. The molecule has 0 saturated heterocycles. The molecule has 0 saturated carbocycles. The fourth-order valence-electron chi connectivity index (χ4n) is 2.81. The van der Waals surface area contributed by atoms with Crippen LogP contribution in [0.5, 0.6) is 5.75 Å². The first-order valence-corrected chi connectivity index (χ1v) is 13.3. The van der Waals surface area contributed by atoms with Crippen LogP contribution in [0.1, 0.15) is 5.56 Å². The maximum Gasteiger partial charge on any atom is 0.417 e. The van der Waals surface area contributed by atoms with Crippen LogP contribution in [0.4, 0.5) is 24.5 Å². The lowest BCUT2D eigenvalue weighted by Gasteiger charge is -2.14. The molecular weight excluding hydrogens is 576 g/mol. The number of hydrogen-bond acceptors (Lipinski definition) is 5. The van der Waals surface area contributed by atoms with Crippen molar-refractivity contribution in [3.63, 3.8) is 0 Å². The number of nitrogens with one attached hydrogen (secondary N) is 2. The van der Waals surface area contributed by atoms with Crippen LogP contribution in [0, 0.1) is 0 Å². The van der Waals surface area contributed by atoms with E-state index in [0.717, 1.165) is 36.4 Å². The molecule has 15 heteroatoms. The van der Waals surface area contributed by atoms with Gasteiger partial charge in [0, 0.05) is 11.4 Å². The summed E-state index contributed by atoms with van der Waals surface area (Å²) in [6.07, 6.45) is -4.78. The average molecular weight is 590 g/mol. The van der Waals surface area contributed by atoms with Crippen molar-refractivity contribution in [2.75, 3.05) is 16.6 Å². The lowest BCUT2D eigenvalue weighted by atomic mass is 10.2. The van der Waals surface area contributed by atoms with E-state index < -0.39 is 36.8 Å². The van der Waals surface area contributed by atoms with Gasteiger partial charge in [-0.3, -0.25) is 9.44 Å². The van der Waals surface area contributed by atoms with Crippen LogP contribution in [0.25, 0.3) is 0 Å². The Hall–Kier alpha value is -2.38. The van der Waals surface area contributed by atoms with Crippen molar-refractivity contribution in [3.05, 3.63) is 75.2 Å². The molecule has 3 aromatic carbocycles. The Labute approximate surface area is 213 Å². The zero-order valence-corrected chi connectivity index (χ0v) is 21.2. The quantitative estimate of drug-likeness (QED) is 0.338. The smallest absolute Gasteiger partial charge is 0.417 e. The molecule has 7 nitrogen and oxygen atoms in total. The monoisotopic (exact) mass is 588 g/mol. The third-order valence-electron chi connectivity index (χ3n) is 4.46. The van der Waals surface area contributed by atoms with E-state index in [0.29, 0.717) is 6.07 Å². The van der Waals surface area contributed by atoms with Crippen LogP contribution >= 0.6 is 34.8 Å². The topological polar surface area (TPSA) is 102 Å². The second-order valence-electron chi connectivity index (χ2n) is 6.82. The van der Waals surface area contributed by atoms with E-state index in [9.17, 15) is 30.0 Å². The molecule has 0 aliphatic rings. The molecule has 0 aromatic heterocycles. The molecule has 0 bridgehead atoms. The fraction of sp³-hybridized carbons (Fsp3) is 0.100. The zero-order valence-electron chi connectivity index (χ0n) is 17.3. The van der Waals surface area contributed by atoms with Gasteiger partial charge in [-0.25, -0.2) is 16.8 Å². The van der Waals surface area contributed by atoms with E-state index in [1.165, 1.54) is 19.2 Å². The van der Waals surface area contributed by atoms with Crippen molar-refractivity contribution in [1.82, 2.24) is 0 Å². The highest BCUT2D eigenvalue weighted by atomic mass is 35.5. The van der Waals surface area contributed by atoms with Crippen molar-refractivity contribution in [2.45, 2.75) is 16.0 Å². The van der Waals surface area contributed by atoms with Gasteiger partial charge in [0.1, 0.15) is 15.7 Å². The number of methoxy groups -OCH3 is 1. The van der Waals surface area contributed by atoms with Gasteiger partial charge >= 0.3 is 6.18 Å². The molecule has 35 heavy (non-hydrogen) atoms. The van der Waals surface area contributed by atoms with E-state index in [-0.39, 0.29) is 37.0 Å². The highest BCUT2D eigenvalue weighted by Crippen LogP contribution is 2.38. The number of alkyl halides is 3. The normalized spacial score (nSPS) is 12.3. The van der Waals surface area contributed by atoms with Crippen molar-refractivity contribution < 1.29 is 34.7 Å². The van der Waals surface area contributed by atoms with Gasteiger partial charge in [-0.1, -0.05) is 34.8 Å². The van der Waals surface area contributed by atoms with E-state index in [1.807, 2.05) is 4.72 Å². The SMILES string of the molecule is COc1ccc(S(=O)(=O)Nc2ccc(S(=O)(=O)Nc3ccc(Cl)c(C(F)(F)F)c3)cc2)c(Cl)c1Cl. The van der Waals surface area contributed by atoms with Gasteiger partial charge in [-0.15, -0.1) is 0 Å². The van der Waals surface area contributed by atoms with Crippen LogP contribution in [-0.4, -0.2) is 23.9 Å². The molecule has 188 valence electrons. The molecule has 3 aromatic rings. The number of benzene rings is 3. The Morgan fingerprint density at radius 3 is 1.91 bits per heavy atom. The summed E-state index contributed by atoms with van der Waals surface area (Å²) in [5.41, 5.74) is -1.59. The van der Waals surface area contributed by atoms with Gasteiger partial charge in [-0.2, -0.15) is 13.2 Å². The van der Waals surface area contributed by atoms with Gasteiger partial charge < -0.3 is 4.74 Å². The second-order valence-corrected chi connectivity index (χ2v) is 11.3. The predicted molar refractivity (Wildman–Crippen MR) is 128 cm³/mol. The predicted octanol–water partition coefficient (Wildman–Crippen LogP) is 6.28. The number of hydrogen-bond donors (Lipinski definition) is 2. The Balaban J connectivity index is 1.83. The second kappa shape index (κ2) is 9.94. The molecule has 3 rings (SSSR count). The lowest BCUT2D eigenvalue weighted by molar-refractivity contribution is -0.137. The van der Waals surface area contributed by atoms with Crippen molar-refractivity contribution >= 4 is 66.2 Å². The number of ether oxygens (including phenoxy) is 1. The molecule has 0 radical (unpaired) electrons. The zero-order chi connectivity index (χ0) is 26.2. The van der Waals surface area contributed by atoms with Crippen LogP contribution in [-0.2, 0) is 26.2 Å². The van der Waals surface area contributed by atoms with Crippen LogP contribution in [0.3, 0.4) is 0 Å². The molecule has 0 atom stereocenters. The largest absolute Gasteiger partial charge is 0.495 e. The summed E-state index contributed by atoms with van der Waals surface area (Å²) in [4.78, 5) is -0.680. The Kier molecular flexibility index (Phi) is 7.73. The summed E-state index contributed by atoms with van der Waals surface area (Å²) in [5.74, 6) is 0.167. The molecule has 0 heterocycles. The summed E-state index contributed by atoms with van der Waals surface area (Å²) >= 11 is 17.6. The van der Waals surface area contributed by atoms with E-state index in [1.54, 1.807) is 0 Å². The standard InChI is InChI=1S/C20H14Cl3F3N2O5S2/c1-33-16-8-9-17(19(23)18(16)22)35(31,32)27-11-2-5-13(6-3-11)34(29,30)28-12-4-7-15(21)14(10-12)20(24,25)26/h2-10,27-28H,1H3. The first-order valence-electron chi connectivity index (χ1n) is 9.20. The maximum absolute atomic E-state index is 13.0. The van der Waals surface area contributed by atoms with E-state index >= 15 is 0 Å². The first kappa shape index (κ1) is 27.2. The summed E-state index contributed by atoms with van der Waals surface area (Å²) < 4.78 is 98.9. The minimum atomic E-state index is -4.78. The minimum absolute atomic E-state index is 0.0159. The molecular formula is C20H14Cl3F3N2O5S2. The number of rotatable bonds is 7. The molecule has 0 fully saturated rings. The highest BCUT2D eigenvalue weighted by molar-refractivity contribution is 7.93. The molecule has 0 amide bonds. The number of halogens is 6. The summed E-state index contributed by atoms with van der Waals surface area (Å²) in [5, 5.41) is -0.973. The molecule has 0 aliphatic heterocycles. The first-order chi connectivity index (χ1) is 16.2. The van der Waals surface area contributed by atoms with Crippen LogP contribution in [0.2, 0.25) is 15.1 Å². The fourth-order valence-corrected chi connectivity index (χ4v) is 5.99. The summed E-state index contributed by atoms with van der Waals surface area (Å²) in [6, 6.07) is 9.45. The Morgan fingerprint density at radius 1 is 0.771 bits per heavy atom. The third kappa shape index (κ3) is 6.07. The van der Waals surface area contributed by atoms with Gasteiger partial charge in [0.25, 0.3) is 20.0 Å². The molecule has 0 aliphatic carbocycles. The van der Waals surface area contributed by atoms with E-state index in [4.69, 9.17) is 39.5 Å². The van der Waals surface area contributed by atoms with Crippen LogP contribution in [0.15, 0.2) is 64.4 Å². The van der Waals surface area contributed by atoms with Gasteiger partial charge in [0.05, 0.1) is 27.6 Å². The van der Waals surface area contributed by atoms with Gasteiger partial charge in [-0.05, 0) is 54.6 Å². The number of anilines is 2. The molecule has 0 unspecified atom stereocenters. The van der Waals surface area contributed by atoms with E-state index in [2.05, 4.69) is 4.72 Å². The number of sulfonamides is 2. The lowest BCUT2D eigenvalue weighted by Crippen LogP contribution is -2.15. The molecule has 2 N–H and O–H groups in total. The van der Waals surface area contributed by atoms with Gasteiger partial charge in [0.2, 0.25) is 0 Å². The van der Waals surface area contributed by atoms with Crippen molar-refractivity contribution in [1.29, 1.82) is 0 Å².